The van der Waals surface area contributed by atoms with Crippen molar-refractivity contribution in [1.82, 2.24) is 19.8 Å². The lowest BCUT2D eigenvalue weighted by Gasteiger charge is -2.25. The van der Waals surface area contributed by atoms with Crippen LogP contribution in [0.5, 0.6) is 5.75 Å². The Hall–Kier alpha value is -3.67. The van der Waals surface area contributed by atoms with E-state index in [0.29, 0.717) is 48.7 Å². The Kier molecular flexibility index (Phi) is 8.77. The highest BCUT2D eigenvalue weighted by atomic mass is 32.2. The van der Waals surface area contributed by atoms with Gasteiger partial charge >= 0.3 is 11.7 Å². The summed E-state index contributed by atoms with van der Waals surface area (Å²) >= 11 is 0. The van der Waals surface area contributed by atoms with Crippen LogP contribution in [-0.4, -0.2) is 46.9 Å². The molecule has 1 fully saturated rings. The van der Waals surface area contributed by atoms with E-state index < -0.39 is 22.1 Å². The number of ether oxygens (including phenoxy) is 2. The number of benzene rings is 2. The predicted octanol–water partition coefficient (Wildman–Crippen LogP) is 4.09. The van der Waals surface area contributed by atoms with E-state index in [2.05, 4.69) is 15.1 Å². The minimum absolute atomic E-state index is 0.0847. The molecule has 1 aliphatic heterocycles. The standard InChI is InChI=1S/C29H37N5O6S/c1-20(2)19-39-28(35)27-15-9-22-18-25(14-16-26(22)40-27)41(37,38)30-23-10-12-24(13-11-23)34-29(36)33(31-32-34)17-5-8-21-6-3-4-7-21/h10-14,16,18,20-21,27,30H,3-9,15,17,19H2,1-2H3. The highest BCUT2D eigenvalue weighted by molar-refractivity contribution is 7.92. The van der Waals surface area contributed by atoms with E-state index in [9.17, 15) is 18.0 Å². The molecule has 2 aromatic carbocycles. The fraction of sp³-hybridized carbons (Fsp3) is 0.517. The molecule has 2 aliphatic rings. The number of carbonyl (C=O) groups excluding carboxylic acids is 1. The van der Waals surface area contributed by atoms with E-state index in [4.69, 9.17) is 9.47 Å². The molecule has 1 aliphatic carbocycles. The van der Waals surface area contributed by atoms with Crippen molar-refractivity contribution >= 4 is 21.7 Å². The SMILES string of the molecule is CC(C)COC(=O)C1CCc2cc(S(=O)(=O)Nc3ccc(-n4nnn(CCCC5CCCC5)c4=O)cc3)ccc2O1. The van der Waals surface area contributed by atoms with Gasteiger partial charge in [0.15, 0.2) is 6.10 Å². The number of aryl methyl sites for hydroxylation is 2. The molecule has 2 heterocycles. The Morgan fingerprint density at radius 3 is 2.59 bits per heavy atom. The van der Waals surface area contributed by atoms with Crippen LogP contribution >= 0.6 is 0 Å². The summed E-state index contributed by atoms with van der Waals surface area (Å²) in [5.41, 5.74) is 1.22. The molecule has 11 nitrogen and oxygen atoms in total. The number of sulfonamides is 1. The highest BCUT2D eigenvalue weighted by Crippen LogP contribution is 2.31. The summed E-state index contributed by atoms with van der Waals surface area (Å²) in [7, 11) is -3.89. The number of carbonyl (C=O) groups is 1. The van der Waals surface area contributed by atoms with Gasteiger partial charge in [-0.05, 0) is 96.0 Å². The maximum absolute atomic E-state index is 13.1. The number of nitrogens with one attached hydrogen (secondary N) is 1. The summed E-state index contributed by atoms with van der Waals surface area (Å²) in [6, 6.07) is 11.0. The first-order chi connectivity index (χ1) is 19.7. The fourth-order valence-electron chi connectivity index (χ4n) is 5.33. The molecule has 1 unspecified atom stereocenters. The molecule has 41 heavy (non-hydrogen) atoms. The molecule has 1 saturated carbocycles. The molecule has 0 spiro atoms. The number of esters is 1. The number of nitrogens with zero attached hydrogens (tertiary/aromatic N) is 4. The third-order valence-corrected chi connectivity index (χ3v) is 8.95. The monoisotopic (exact) mass is 583 g/mol. The van der Waals surface area contributed by atoms with Crippen LogP contribution in [0, 0.1) is 11.8 Å². The van der Waals surface area contributed by atoms with Gasteiger partial charge in [0.25, 0.3) is 10.0 Å². The average molecular weight is 584 g/mol. The van der Waals surface area contributed by atoms with Gasteiger partial charge in [0.1, 0.15) is 5.75 Å². The summed E-state index contributed by atoms with van der Waals surface area (Å²) in [5, 5.41) is 8.01. The Labute approximate surface area is 239 Å². The van der Waals surface area contributed by atoms with Crippen LogP contribution in [0.3, 0.4) is 0 Å². The zero-order valence-electron chi connectivity index (χ0n) is 23.5. The third-order valence-electron chi connectivity index (χ3n) is 7.57. The first kappa shape index (κ1) is 28.8. The van der Waals surface area contributed by atoms with E-state index in [-0.39, 0.29) is 16.5 Å². The summed E-state index contributed by atoms with van der Waals surface area (Å²) in [4.78, 5) is 25.2. The van der Waals surface area contributed by atoms with Crippen LogP contribution in [0.2, 0.25) is 0 Å². The zero-order chi connectivity index (χ0) is 29.0. The maximum atomic E-state index is 13.1. The molecule has 1 aromatic heterocycles. The van der Waals surface area contributed by atoms with E-state index >= 15 is 0 Å². The van der Waals surface area contributed by atoms with Gasteiger partial charge in [-0.2, -0.15) is 9.36 Å². The van der Waals surface area contributed by atoms with Crippen molar-refractivity contribution < 1.29 is 22.7 Å². The van der Waals surface area contributed by atoms with Gasteiger partial charge in [-0.3, -0.25) is 4.72 Å². The Bertz CT molecular complexity index is 1520. The molecule has 0 saturated heterocycles. The Morgan fingerprint density at radius 1 is 1.10 bits per heavy atom. The Balaban J connectivity index is 1.20. The maximum Gasteiger partial charge on any atom is 0.368 e. The van der Waals surface area contributed by atoms with E-state index in [1.165, 1.54) is 41.1 Å². The van der Waals surface area contributed by atoms with Gasteiger partial charge in [0, 0.05) is 12.2 Å². The molecule has 1 atom stereocenters. The van der Waals surface area contributed by atoms with E-state index in [0.717, 1.165) is 18.8 Å². The van der Waals surface area contributed by atoms with Crippen LogP contribution in [0.15, 0.2) is 52.2 Å². The molecular weight excluding hydrogens is 546 g/mol. The number of anilines is 1. The summed E-state index contributed by atoms with van der Waals surface area (Å²) in [6.07, 6.45) is 7.33. The number of rotatable bonds is 11. The molecule has 220 valence electrons. The first-order valence-electron chi connectivity index (χ1n) is 14.3. The van der Waals surface area contributed by atoms with Gasteiger partial charge in [0.05, 0.1) is 17.2 Å². The van der Waals surface area contributed by atoms with Gasteiger partial charge in [-0.1, -0.05) is 39.5 Å². The molecule has 0 radical (unpaired) electrons. The molecule has 0 amide bonds. The van der Waals surface area contributed by atoms with Crippen molar-refractivity contribution in [1.29, 1.82) is 0 Å². The van der Waals surface area contributed by atoms with Crippen molar-refractivity contribution in [2.45, 2.75) is 82.8 Å². The second kappa shape index (κ2) is 12.5. The van der Waals surface area contributed by atoms with Crippen LogP contribution in [0.4, 0.5) is 5.69 Å². The summed E-state index contributed by atoms with van der Waals surface area (Å²) in [5.74, 6) is 1.05. The topological polar surface area (TPSA) is 134 Å². The van der Waals surface area contributed by atoms with Crippen molar-refractivity contribution in [2.75, 3.05) is 11.3 Å². The fourth-order valence-corrected chi connectivity index (χ4v) is 6.44. The number of fused-ring (bicyclic) bond motifs is 1. The van der Waals surface area contributed by atoms with E-state index in [1.54, 1.807) is 36.4 Å². The molecule has 5 rings (SSSR count). The number of hydrogen-bond acceptors (Lipinski definition) is 8. The quantitative estimate of drug-likeness (QED) is 0.334. The summed E-state index contributed by atoms with van der Waals surface area (Å²) in [6.45, 7) is 4.78. The molecule has 1 N–H and O–H groups in total. The second-order valence-corrected chi connectivity index (χ2v) is 13.0. The number of aromatic nitrogens is 4. The largest absolute Gasteiger partial charge is 0.478 e. The van der Waals surface area contributed by atoms with Gasteiger partial charge < -0.3 is 9.47 Å². The minimum atomic E-state index is -3.89. The smallest absolute Gasteiger partial charge is 0.368 e. The third kappa shape index (κ3) is 6.98. The van der Waals surface area contributed by atoms with Crippen molar-refractivity contribution in [3.63, 3.8) is 0 Å². The highest BCUT2D eigenvalue weighted by Gasteiger charge is 2.29. The van der Waals surface area contributed by atoms with Crippen LogP contribution in [0.25, 0.3) is 5.69 Å². The van der Waals surface area contributed by atoms with Crippen LogP contribution < -0.4 is 15.1 Å². The van der Waals surface area contributed by atoms with Gasteiger partial charge in [0.2, 0.25) is 0 Å². The first-order valence-corrected chi connectivity index (χ1v) is 15.8. The number of tetrazole rings is 1. The molecule has 3 aromatic rings. The predicted molar refractivity (Wildman–Crippen MR) is 153 cm³/mol. The average Bonchev–Trinajstić information content (AvgIpc) is 3.61. The van der Waals surface area contributed by atoms with Crippen molar-refractivity contribution in [3.8, 4) is 11.4 Å². The lowest BCUT2D eigenvalue weighted by atomic mass is 10.0. The normalized spacial score (nSPS) is 17.3. The second-order valence-electron chi connectivity index (χ2n) is 11.3. The molecule has 0 bridgehead atoms. The van der Waals surface area contributed by atoms with Crippen molar-refractivity contribution in [2.24, 2.45) is 11.8 Å². The van der Waals surface area contributed by atoms with Gasteiger partial charge in [-0.25, -0.2) is 18.0 Å². The van der Waals surface area contributed by atoms with Crippen molar-refractivity contribution in [3.05, 3.63) is 58.5 Å². The number of hydrogen-bond donors (Lipinski definition) is 1. The van der Waals surface area contributed by atoms with Gasteiger partial charge in [-0.15, -0.1) is 0 Å². The summed E-state index contributed by atoms with van der Waals surface area (Å²) < 4.78 is 42.5. The van der Waals surface area contributed by atoms with E-state index in [1.807, 2.05) is 13.8 Å². The van der Waals surface area contributed by atoms with Crippen LogP contribution in [0.1, 0.15) is 64.4 Å². The zero-order valence-corrected chi connectivity index (χ0v) is 24.3. The minimum Gasteiger partial charge on any atom is -0.478 e. The Morgan fingerprint density at radius 2 is 1.85 bits per heavy atom. The lowest BCUT2D eigenvalue weighted by molar-refractivity contribution is -0.153. The molecule has 12 heteroatoms. The lowest BCUT2D eigenvalue weighted by Crippen LogP contribution is -2.33. The molecular formula is C29H37N5O6S. The van der Waals surface area contributed by atoms with Crippen LogP contribution in [-0.2, 0) is 32.5 Å².